The minimum atomic E-state index is 0.660. The van der Waals surface area contributed by atoms with Crippen molar-refractivity contribution in [1.82, 2.24) is 0 Å². The van der Waals surface area contributed by atoms with Gasteiger partial charge >= 0.3 is 0 Å². The predicted molar refractivity (Wildman–Crippen MR) is 64.5 cm³/mol. The maximum absolute atomic E-state index is 5.34. The molecule has 0 bridgehead atoms. The third kappa shape index (κ3) is 2.96. The zero-order chi connectivity index (χ0) is 10.4. The first-order chi connectivity index (χ1) is 6.79. The van der Waals surface area contributed by atoms with Crippen LogP contribution in [0, 0.1) is 0 Å². The summed E-state index contributed by atoms with van der Waals surface area (Å²) in [5.74, 6) is 0.660. The molecule has 0 aliphatic carbocycles. The van der Waals surface area contributed by atoms with E-state index < -0.39 is 0 Å². The molecule has 0 aliphatic heterocycles. The lowest BCUT2D eigenvalue weighted by Gasteiger charge is -2.15. The van der Waals surface area contributed by atoms with E-state index >= 15 is 0 Å². The van der Waals surface area contributed by atoms with Crippen molar-refractivity contribution >= 4 is 10.5 Å². The summed E-state index contributed by atoms with van der Waals surface area (Å²) in [6.07, 6.45) is 2.51. The maximum atomic E-state index is 5.34. The van der Waals surface area contributed by atoms with Gasteiger partial charge in [-0.3, -0.25) is 0 Å². The van der Waals surface area contributed by atoms with Gasteiger partial charge in [-0.25, -0.2) is 0 Å². The average Bonchev–Trinajstić information content (AvgIpc) is 2.19. The van der Waals surface area contributed by atoms with E-state index in [1.165, 1.54) is 24.0 Å². The van der Waals surface area contributed by atoms with Crippen molar-refractivity contribution in [3.63, 3.8) is 0 Å². The molecule has 0 N–H and O–H groups in total. The molecule has 1 nitrogen and oxygen atoms in total. The second-order valence-electron chi connectivity index (χ2n) is 3.82. The molecule has 0 radical (unpaired) electrons. The molecule has 0 aliphatic rings. The summed E-state index contributed by atoms with van der Waals surface area (Å²) in [6, 6.07) is 8.63. The van der Waals surface area contributed by atoms with Crippen LogP contribution in [-0.2, 0) is 11.0 Å². The lowest BCUT2D eigenvalue weighted by Crippen LogP contribution is -2.00. The van der Waals surface area contributed by atoms with Crippen molar-refractivity contribution < 1.29 is 4.43 Å². The third-order valence-corrected chi connectivity index (χ3v) is 2.90. The molecule has 14 heavy (non-hydrogen) atoms. The molecule has 0 saturated heterocycles. The summed E-state index contributed by atoms with van der Waals surface area (Å²) in [5, 5.41) is 0. The fourth-order valence-electron chi connectivity index (χ4n) is 1.89. The van der Waals surface area contributed by atoms with Crippen LogP contribution in [0.2, 0.25) is 0 Å². The SMILES string of the molecule is CCCC(C)c1ccccc1CO[SiH3]. The molecule has 1 aromatic carbocycles. The topological polar surface area (TPSA) is 9.23 Å². The molecular weight excluding hydrogens is 188 g/mol. The first-order valence-electron chi connectivity index (χ1n) is 5.36. The van der Waals surface area contributed by atoms with Crippen LogP contribution in [0.1, 0.15) is 43.7 Å². The van der Waals surface area contributed by atoms with Crippen LogP contribution in [0.3, 0.4) is 0 Å². The second-order valence-corrected chi connectivity index (χ2v) is 4.40. The van der Waals surface area contributed by atoms with Gasteiger partial charge in [0.25, 0.3) is 0 Å². The Morgan fingerprint density at radius 2 is 2.07 bits per heavy atom. The van der Waals surface area contributed by atoms with E-state index in [0.717, 1.165) is 17.1 Å². The normalized spacial score (nSPS) is 13.0. The van der Waals surface area contributed by atoms with Gasteiger partial charge in [0.1, 0.15) is 10.5 Å². The van der Waals surface area contributed by atoms with Gasteiger partial charge in [-0.05, 0) is 23.5 Å². The second kappa shape index (κ2) is 5.99. The van der Waals surface area contributed by atoms with E-state index in [-0.39, 0.29) is 0 Å². The molecule has 2 heteroatoms. The predicted octanol–water partition coefficient (Wildman–Crippen LogP) is 2.39. The quantitative estimate of drug-likeness (QED) is 0.675. The van der Waals surface area contributed by atoms with E-state index in [1.54, 1.807) is 0 Å². The molecule has 0 aromatic heterocycles. The highest BCUT2D eigenvalue weighted by atomic mass is 28.2. The highest BCUT2D eigenvalue weighted by Crippen LogP contribution is 2.24. The molecule has 0 heterocycles. The molecule has 0 fully saturated rings. The van der Waals surface area contributed by atoms with E-state index in [2.05, 4.69) is 38.1 Å². The summed E-state index contributed by atoms with van der Waals surface area (Å²) >= 11 is 0. The van der Waals surface area contributed by atoms with Crippen LogP contribution in [0.25, 0.3) is 0 Å². The van der Waals surface area contributed by atoms with Crippen LogP contribution in [0.5, 0.6) is 0 Å². The summed E-state index contributed by atoms with van der Waals surface area (Å²) < 4.78 is 5.34. The van der Waals surface area contributed by atoms with Gasteiger partial charge in [-0.2, -0.15) is 0 Å². The van der Waals surface area contributed by atoms with Crippen LogP contribution < -0.4 is 0 Å². The van der Waals surface area contributed by atoms with Crippen LogP contribution in [0.15, 0.2) is 24.3 Å². The number of hydrogen-bond donors (Lipinski definition) is 0. The standard InChI is InChI=1S/C12H20OSi/c1-3-6-10(2)12-8-5-4-7-11(12)9-13-14/h4-5,7-8,10H,3,6,9H2,1-2,14H3. The fourth-order valence-corrected chi connectivity index (χ4v) is 2.20. The van der Waals surface area contributed by atoms with E-state index in [9.17, 15) is 0 Å². The first-order valence-corrected chi connectivity index (χ1v) is 6.18. The van der Waals surface area contributed by atoms with Crippen molar-refractivity contribution in [2.75, 3.05) is 0 Å². The van der Waals surface area contributed by atoms with Gasteiger partial charge in [0.2, 0.25) is 0 Å². The van der Waals surface area contributed by atoms with Crippen LogP contribution >= 0.6 is 0 Å². The van der Waals surface area contributed by atoms with E-state index in [1.807, 2.05) is 0 Å². The van der Waals surface area contributed by atoms with Gasteiger partial charge in [0.05, 0.1) is 6.61 Å². The summed E-state index contributed by atoms with van der Waals surface area (Å²) in [7, 11) is 0.820. The zero-order valence-electron chi connectivity index (χ0n) is 9.42. The number of rotatable bonds is 5. The van der Waals surface area contributed by atoms with E-state index in [0.29, 0.717) is 5.92 Å². The highest BCUT2D eigenvalue weighted by molar-refractivity contribution is 5.97. The van der Waals surface area contributed by atoms with Gasteiger partial charge in [0.15, 0.2) is 0 Å². The van der Waals surface area contributed by atoms with Crippen molar-refractivity contribution in [3.05, 3.63) is 35.4 Å². The van der Waals surface area contributed by atoms with E-state index in [4.69, 9.17) is 4.43 Å². The van der Waals surface area contributed by atoms with Crippen molar-refractivity contribution in [1.29, 1.82) is 0 Å². The summed E-state index contributed by atoms with van der Waals surface area (Å²) in [4.78, 5) is 0. The molecule has 1 aromatic rings. The Labute approximate surface area is 90.0 Å². The molecule has 0 amide bonds. The molecule has 0 spiro atoms. The first kappa shape index (κ1) is 11.5. The Hall–Kier alpha value is -0.603. The van der Waals surface area contributed by atoms with Gasteiger partial charge in [-0.1, -0.05) is 44.5 Å². The zero-order valence-corrected chi connectivity index (χ0v) is 11.4. The van der Waals surface area contributed by atoms with Crippen molar-refractivity contribution in [2.45, 2.75) is 39.2 Å². The molecule has 78 valence electrons. The maximum Gasteiger partial charge on any atom is 0.146 e. The fraction of sp³-hybridized carbons (Fsp3) is 0.500. The molecule has 0 saturated carbocycles. The Balaban J connectivity index is 2.82. The summed E-state index contributed by atoms with van der Waals surface area (Å²) in [5.41, 5.74) is 2.83. The Morgan fingerprint density at radius 1 is 1.36 bits per heavy atom. The minimum Gasteiger partial charge on any atom is -0.424 e. The Kier molecular flexibility index (Phi) is 4.91. The highest BCUT2D eigenvalue weighted by Gasteiger charge is 2.08. The largest absolute Gasteiger partial charge is 0.424 e. The minimum absolute atomic E-state index is 0.660. The third-order valence-electron chi connectivity index (χ3n) is 2.61. The smallest absolute Gasteiger partial charge is 0.146 e. The Morgan fingerprint density at radius 3 is 2.71 bits per heavy atom. The van der Waals surface area contributed by atoms with Gasteiger partial charge in [0, 0.05) is 0 Å². The van der Waals surface area contributed by atoms with Gasteiger partial charge < -0.3 is 4.43 Å². The summed E-state index contributed by atoms with van der Waals surface area (Å²) in [6.45, 7) is 5.33. The number of hydrogen-bond acceptors (Lipinski definition) is 1. The van der Waals surface area contributed by atoms with Crippen LogP contribution in [-0.4, -0.2) is 10.5 Å². The lowest BCUT2D eigenvalue weighted by atomic mass is 9.92. The van der Waals surface area contributed by atoms with Crippen molar-refractivity contribution in [3.8, 4) is 0 Å². The lowest BCUT2D eigenvalue weighted by molar-refractivity contribution is 0.336. The monoisotopic (exact) mass is 208 g/mol. The van der Waals surface area contributed by atoms with Crippen molar-refractivity contribution in [2.24, 2.45) is 0 Å². The average molecular weight is 208 g/mol. The Bertz CT molecular complexity index is 273. The molecule has 1 rings (SSSR count). The van der Waals surface area contributed by atoms with Gasteiger partial charge in [-0.15, -0.1) is 0 Å². The number of benzene rings is 1. The molecule has 1 atom stereocenters. The molecule has 1 unspecified atom stereocenters. The molecular formula is C12H20OSi. The van der Waals surface area contributed by atoms with Crippen LogP contribution in [0.4, 0.5) is 0 Å².